The Morgan fingerprint density at radius 1 is 1.03 bits per heavy atom. The predicted octanol–water partition coefficient (Wildman–Crippen LogP) is 5.36. The van der Waals surface area contributed by atoms with Crippen LogP contribution in [-0.4, -0.2) is 41.1 Å². The second-order valence-corrected chi connectivity index (χ2v) is 10.7. The standard InChI is InChI=1S/C26H29NO3S/c1-26(2)13-12-23-21(18-26)24(25(31(23)28)27-14-16-29-17-15-27)20-10-6-7-11-22(20)30-19-8-4-3-5-9-19/h3-12,25H,13-18H2,1-2H3. The van der Waals surface area contributed by atoms with Gasteiger partial charge in [0.05, 0.1) is 13.2 Å². The molecule has 1 aliphatic carbocycles. The zero-order chi connectivity index (χ0) is 21.4. The summed E-state index contributed by atoms with van der Waals surface area (Å²) >= 11 is -1.09. The van der Waals surface area contributed by atoms with E-state index in [0.717, 1.165) is 47.9 Å². The van der Waals surface area contributed by atoms with Gasteiger partial charge in [0.15, 0.2) is 4.91 Å². The van der Waals surface area contributed by atoms with Crippen molar-refractivity contribution in [2.45, 2.75) is 32.1 Å². The van der Waals surface area contributed by atoms with Crippen LogP contribution in [0.5, 0.6) is 11.5 Å². The van der Waals surface area contributed by atoms with Gasteiger partial charge < -0.3 is 14.0 Å². The molecule has 0 N–H and O–H groups in total. The van der Waals surface area contributed by atoms with Crippen LogP contribution in [0.15, 0.2) is 71.2 Å². The van der Waals surface area contributed by atoms with Crippen LogP contribution in [0.1, 0.15) is 32.3 Å². The summed E-state index contributed by atoms with van der Waals surface area (Å²) in [5.74, 6) is 1.62. The van der Waals surface area contributed by atoms with Gasteiger partial charge in [-0.05, 0) is 42.5 Å². The lowest BCUT2D eigenvalue weighted by molar-refractivity contribution is 0.0388. The fourth-order valence-electron chi connectivity index (χ4n) is 4.76. The van der Waals surface area contributed by atoms with Gasteiger partial charge in [0.2, 0.25) is 5.37 Å². The van der Waals surface area contributed by atoms with Gasteiger partial charge in [0, 0.05) is 41.0 Å². The number of morpholine rings is 1. The van der Waals surface area contributed by atoms with Gasteiger partial charge in [0.25, 0.3) is 0 Å². The van der Waals surface area contributed by atoms with E-state index in [-0.39, 0.29) is 10.8 Å². The molecule has 1 fully saturated rings. The molecule has 162 valence electrons. The van der Waals surface area contributed by atoms with Crippen LogP contribution in [0.3, 0.4) is 0 Å². The summed E-state index contributed by atoms with van der Waals surface area (Å²) in [6.07, 6.45) is 4.11. The molecule has 1 saturated heterocycles. The molecular formula is C26H29NO3S. The van der Waals surface area contributed by atoms with Gasteiger partial charge in [-0.25, -0.2) is 4.90 Å². The van der Waals surface area contributed by atoms with Crippen molar-refractivity contribution in [3.05, 3.63) is 76.7 Å². The molecule has 0 amide bonds. The highest BCUT2D eigenvalue weighted by atomic mass is 32.2. The van der Waals surface area contributed by atoms with Crippen LogP contribution in [0, 0.1) is 5.41 Å². The number of nitrogens with zero attached hydrogens (tertiary/aromatic N) is 1. The topological polar surface area (TPSA) is 44.8 Å². The van der Waals surface area contributed by atoms with Gasteiger partial charge in [-0.2, -0.15) is 0 Å². The number of benzene rings is 2. The molecule has 4 nitrogen and oxygen atoms in total. The van der Waals surface area contributed by atoms with E-state index in [4.69, 9.17) is 9.47 Å². The summed E-state index contributed by atoms with van der Waals surface area (Å²) in [6, 6.07) is 18.1. The fraction of sp³-hybridized carbons (Fsp3) is 0.385. The average Bonchev–Trinajstić information content (AvgIpc) is 3.06. The maximum Gasteiger partial charge on any atom is 0.202 e. The third-order valence-electron chi connectivity index (χ3n) is 6.31. The Morgan fingerprint density at radius 3 is 2.52 bits per heavy atom. The van der Waals surface area contributed by atoms with Crippen molar-refractivity contribution in [3.63, 3.8) is 0 Å². The number of allylic oxidation sites excluding steroid dienone is 2. The minimum absolute atomic E-state index is 0.153. The van der Waals surface area contributed by atoms with Crippen LogP contribution in [0.4, 0.5) is 0 Å². The summed E-state index contributed by atoms with van der Waals surface area (Å²) in [4.78, 5) is 3.37. The van der Waals surface area contributed by atoms with Crippen LogP contribution in [-0.2, 0) is 15.9 Å². The van der Waals surface area contributed by atoms with Gasteiger partial charge in [-0.15, -0.1) is 0 Å². The molecule has 2 aliphatic heterocycles. The Morgan fingerprint density at radius 2 is 1.74 bits per heavy atom. The SMILES string of the molecule is CC1(C)CC=C2C(=C(c3ccccc3Oc3ccccc3)C(N3CCOCC3)[S+]2[O-])C1. The Bertz CT molecular complexity index is 1010. The molecule has 31 heavy (non-hydrogen) atoms. The minimum Gasteiger partial charge on any atom is -0.610 e. The number of fused-ring (bicyclic) bond motifs is 1. The average molecular weight is 436 g/mol. The zero-order valence-corrected chi connectivity index (χ0v) is 19.0. The number of hydrogen-bond donors (Lipinski definition) is 0. The Kier molecular flexibility index (Phi) is 5.69. The monoisotopic (exact) mass is 435 g/mol. The number of para-hydroxylation sites is 2. The highest BCUT2D eigenvalue weighted by Crippen LogP contribution is 2.52. The maximum atomic E-state index is 13.8. The van der Waals surface area contributed by atoms with Gasteiger partial charge >= 0.3 is 0 Å². The van der Waals surface area contributed by atoms with Gasteiger partial charge in [-0.3, -0.25) is 0 Å². The van der Waals surface area contributed by atoms with Crippen molar-refractivity contribution in [2.24, 2.45) is 5.41 Å². The van der Waals surface area contributed by atoms with Gasteiger partial charge in [-0.1, -0.05) is 50.2 Å². The predicted molar refractivity (Wildman–Crippen MR) is 125 cm³/mol. The molecule has 2 unspecified atom stereocenters. The molecule has 0 saturated carbocycles. The summed E-state index contributed by atoms with van der Waals surface area (Å²) in [6.45, 7) is 7.55. The van der Waals surface area contributed by atoms with Crippen molar-refractivity contribution in [2.75, 3.05) is 26.3 Å². The summed E-state index contributed by atoms with van der Waals surface area (Å²) in [5, 5.41) is -0.153. The molecule has 2 heterocycles. The lowest BCUT2D eigenvalue weighted by Crippen LogP contribution is -2.46. The van der Waals surface area contributed by atoms with Crippen LogP contribution in [0.25, 0.3) is 5.57 Å². The first-order valence-corrected chi connectivity index (χ1v) is 12.2. The summed E-state index contributed by atoms with van der Waals surface area (Å²) < 4.78 is 25.7. The van der Waals surface area contributed by atoms with Crippen molar-refractivity contribution in [1.82, 2.24) is 4.90 Å². The van der Waals surface area contributed by atoms with Crippen LogP contribution < -0.4 is 4.74 Å². The quantitative estimate of drug-likeness (QED) is 0.607. The molecule has 3 aliphatic rings. The van der Waals surface area contributed by atoms with Crippen molar-refractivity contribution < 1.29 is 14.0 Å². The zero-order valence-electron chi connectivity index (χ0n) is 18.2. The van der Waals surface area contributed by atoms with Crippen molar-refractivity contribution in [1.29, 1.82) is 0 Å². The third kappa shape index (κ3) is 4.08. The highest BCUT2D eigenvalue weighted by molar-refractivity contribution is 7.97. The molecule has 0 aromatic heterocycles. The van der Waals surface area contributed by atoms with Crippen LogP contribution in [0.2, 0.25) is 0 Å². The Labute approximate surface area is 187 Å². The second-order valence-electron chi connectivity index (χ2n) is 9.22. The fourth-order valence-corrected chi connectivity index (χ4v) is 6.64. The first kappa shape index (κ1) is 20.8. The Hall–Kier alpha value is -2.05. The lowest BCUT2D eigenvalue weighted by Gasteiger charge is -2.33. The maximum absolute atomic E-state index is 13.8. The molecule has 5 heteroatoms. The first-order chi connectivity index (χ1) is 15.0. The van der Waals surface area contributed by atoms with Crippen LogP contribution >= 0.6 is 0 Å². The van der Waals surface area contributed by atoms with E-state index < -0.39 is 11.2 Å². The Balaban J connectivity index is 1.63. The smallest absolute Gasteiger partial charge is 0.202 e. The van der Waals surface area contributed by atoms with Crippen molar-refractivity contribution in [3.8, 4) is 11.5 Å². The highest BCUT2D eigenvalue weighted by Gasteiger charge is 2.49. The molecule has 2 aromatic rings. The molecule has 5 rings (SSSR count). The summed E-state index contributed by atoms with van der Waals surface area (Å²) in [5.41, 5.74) is 3.62. The molecule has 0 radical (unpaired) electrons. The molecule has 2 aromatic carbocycles. The minimum atomic E-state index is -1.09. The molecule has 2 atom stereocenters. The number of rotatable bonds is 4. The van der Waals surface area contributed by atoms with Gasteiger partial charge in [0.1, 0.15) is 11.5 Å². The van der Waals surface area contributed by atoms with E-state index in [9.17, 15) is 4.55 Å². The molecule has 0 spiro atoms. The molecule has 0 bridgehead atoms. The van der Waals surface area contributed by atoms with E-state index in [1.165, 1.54) is 11.1 Å². The van der Waals surface area contributed by atoms with E-state index >= 15 is 0 Å². The lowest BCUT2D eigenvalue weighted by atomic mass is 9.76. The second kappa shape index (κ2) is 8.47. The normalized spacial score (nSPS) is 25.8. The number of ether oxygens (including phenoxy) is 2. The first-order valence-electron chi connectivity index (χ1n) is 11.0. The summed E-state index contributed by atoms with van der Waals surface area (Å²) in [7, 11) is 0. The van der Waals surface area contributed by atoms with E-state index in [0.29, 0.717) is 13.2 Å². The van der Waals surface area contributed by atoms with Crippen molar-refractivity contribution >= 4 is 16.7 Å². The number of hydrogen-bond acceptors (Lipinski definition) is 4. The van der Waals surface area contributed by atoms with E-state index in [2.05, 4.69) is 37.0 Å². The van der Waals surface area contributed by atoms with E-state index in [1.54, 1.807) is 0 Å². The third-order valence-corrected chi connectivity index (χ3v) is 8.10. The molecular weight excluding hydrogens is 406 g/mol. The largest absolute Gasteiger partial charge is 0.610 e. The van der Waals surface area contributed by atoms with E-state index in [1.807, 2.05) is 42.5 Å².